The number of amides is 1. The van der Waals surface area contributed by atoms with Gasteiger partial charge in [-0.2, -0.15) is 0 Å². The Hall–Kier alpha value is -2.54. The van der Waals surface area contributed by atoms with E-state index < -0.39 is 4.92 Å². The summed E-state index contributed by atoms with van der Waals surface area (Å²) in [6.45, 7) is 1.12. The Kier molecular flexibility index (Phi) is 5.46. The summed E-state index contributed by atoms with van der Waals surface area (Å²) in [5.41, 5.74) is 1.16. The van der Waals surface area contributed by atoms with Crippen molar-refractivity contribution in [3.05, 3.63) is 63.7 Å². The fourth-order valence-corrected chi connectivity index (χ4v) is 3.75. The Labute approximate surface area is 156 Å². The molecule has 0 aliphatic carbocycles. The molecule has 26 heavy (non-hydrogen) atoms. The molecule has 0 saturated carbocycles. The van der Waals surface area contributed by atoms with Crippen LogP contribution in [0.1, 0.15) is 34.7 Å². The maximum Gasteiger partial charge on any atom is 0.282 e. The quantitative estimate of drug-likeness (QED) is 0.497. The maximum atomic E-state index is 12.9. The molecule has 1 amide bonds. The van der Waals surface area contributed by atoms with Gasteiger partial charge in [0.1, 0.15) is 11.3 Å². The fraction of sp³-hybridized carbons (Fsp3) is 0.316. The topological polar surface area (TPSA) is 83.7 Å². The average Bonchev–Trinajstić information content (AvgIpc) is 2.67. The number of piperidine rings is 1. The van der Waals surface area contributed by atoms with Gasteiger partial charge in [0.25, 0.3) is 11.6 Å². The molecule has 1 saturated heterocycles. The Balaban J connectivity index is 1.74. The molecule has 3 rings (SSSR count). The Bertz CT molecular complexity index is 815. The molecule has 1 N–H and O–H groups in total. The van der Waals surface area contributed by atoms with Gasteiger partial charge < -0.3 is 10.0 Å². The number of carbonyl (C=O) groups excluding carboxylic acids is 1. The molecule has 0 radical (unpaired) electrons. The molecule has 1 aliphatic heterocycles. The van der Waals surface area contributed by atoms with E-state index in [0.29, 0.717) is 19.0 Å². The van der Waals surface area contributed by atoms with Gasteiger partial charge in [-0.05, 0) is 54.8 Å². The van der Waals surface area contributed by atoms with Crippen molar-refractivity contribution in [3.63, 3.8) is 0 Å². The van der Waals surface area contributed by atoms with Crippen LogP contribution < -0.4 is 0 Å². The van der Waals surface area contributed by atoms with E-state index in [1.165, 1.54) is 17.8 Å². The second-order valence-electron chi connectivity index (χ2n) is 6.30. The van der Waals surface area contributed by atoms with Crippen LogP contribution in [0.15, 0.2) is 47.4 Å². The first kappa shape index (κ1) is 18.3. The van der Waals surface area contributed by atoms with Crippen LogP contribution in [0.4, 0.5) is 5.69 Å². The van der Waals surface area contributed by atoms with Gasteiger partial charge in [-0.15, -0.1) is 11.8 Å². The minimum atomic E-state index is -0.499. The molecule has 2 aromatic carbocycles. The number of nitro groups is 1. The third-order valence-corrected chi connectivity index (χ3v) is 5.50. The van der Waals surface area contributed by atoms with Crippen molar-refractivity contribution in [2.24, 2.45) is 0 Å². The van der Waals surface area contributed by atoms with Gasteiger partial charge in [-0.3, -0.25) is 14.9 Å². The number of nitro benzene ring substituents is 1. The highest BCUT2D eigenvalue weighted by atomic mass is 32.2. The lowest BCUT2D eigenvalue weighted by molar-refractivity contribution is -0.385. The number of likely N-dealkylation sites (tertiary alicyclic amines) is 1. The molecule has 1 aliphatic rings. The molecule has 0 spiro atoms. The highest BCUT2D eigenvalue weighted by Gasteiger charge is 2.29. The summed E-state index contributed by atoms with van der Waals surface area (Å²) in [6, 6.07) is 11.8. The van der Waals surface area contributed by atoms with E-state index >= 15 is 0 Å². The summed E-state index contributed by atoms with van der Waals surface area (Å²) >= 11 is 1.45. The third-order valence-electron chi connectivity index (χ3n) is 4.78. The number of phenolic OH excluding ortho intramolecular Hbond substituents is 1. The third kappa shape index (κ3) is 3.83. The van der Waals surface area contributed by atoms with E-state index in [9.17, 15) is 20.0 Å². The summed E-state index contributed by atoms with van der Waals surface area (Å²) in [7, 11) is 0. The molecule has 0 bridgehead atoms. The van der Waals surface area contributed by atoms with E-state index in [-0.39, 0.29) is 22.9 Å². The number of rotatable bonds is 4. The molecule has 1 heterocycles. The normalized spacial score (nSPS) is 15.0. The lowest BCUT2D eigenvalue weighted by atomic mass is 9.89. The number of benzene rings is 2. The second kappa shape index (κ2) is 7.78. The van der Waals surface area contributed by atoms with Crippen molar-refractivity contribution < 1.29 is 14.8 Å². The van der Waals surface area contributed by atoms with E-state index in [1.807, 2.05) is 18.4 Å². The number of hydrogen-bond donors (Lipinski definition) is 1. The summed E-state index contributed by atoms with van der Waals surface area (Å²) in [5.74, 6) is 0.284. The van der Waals surface area contributed by atoms with Gasteiger partial charge >= 0.3 is 0 Å². The molecule has 6 nitrogen and oxygen atoms in total. The zero-order chi connectivity index (χ0) is 18.7. The van der Waals surface area contributed by atoms with E-state index in [1.54, 1.807) is 29.2 Å². The first-order valence-electron chi connectivity index (χ1n) is 8.40. The highest BCUT2D eigenvalue weighted by Crippen LogP contribution is 2.31. The van der Waals surface area contributed by atoms with Gasteiger partial charge in [0, 0.05) is 24.1 Å². The van der Waals surface area contributed by atoms with Gasteiger partial charge in [-0.1, -0.05) is 12.1 Å². The van der Waals surface area contributed by atoms with Crippen LogP contribution in [-0.2, 0) is 0 Å². The Morgan fingerprint density at radius 2 is 1.85 bits per heavy atom. The molecular formula is C19H20N2O4S. The van der Waals surface area contributed by atoms with Crippen molar-refractivity contribution in [2.45, 2.75) is 23.7 Å². The number of carbonyl (C=O) groups is 1. The van der Waals surface area contributed by atoms with Crippen LogP contribution >= 0.6 is 11.8 Å². The van der Waals surface area contributed by atoms with Crippen LogP contribution in [0.2, 0.25) is 0 Å². The largest absolute Gasteiger partial charge is 0.508 e. The van der Waals surface area contributed by atoms with Gasteiger partial charge in [0.15, 0.2) is 0 Å². The average molecular weight is 372 g/mol. The maximum absolute atomic E-state index is 12.9. The molecule has 7 heteroatoms. The Morgan fingerprint density at radius 1 is 1.19 bits per heavy atom. The summed E-state index contributed by atoms with van der Waals surface area (Å²) < 4.78 is 0. The van der Waals surface area contributed by atoms with E-state index in [4.69, 9.17) is 0 Å². The molecular weight excluding hydrogens is 352 g/mol. The molecule has 0 atom stereocenters. The SMILES string of the molecule is CSc1ccc([N+](=O)[O-])c(C(=O)N2CCC(c3ccc(O)cc3)CC2)c1. The van der Waals surface area contributed by atoms with Crippen LogP contribution in [0.25, 0.3) is 0 Å². The van der Waals surface area contributed by atoms with Crippen LogP contribution in [0.5, 0.6) is 5.75 Å². The molecule has 1 fully saturated rings. The number of nitrogens with zero attached hydrogens (tertiary/aromatic N) is 2. The lowest BCUT2D eigenvalue weighted by Crippen LogP contribution is -2.38. The number of hydrogen-bond acceptors (Lipinski definition) is 5. The van der Waals surface area contributed by atoms with Crippen molar-refractivity contribution in [1.29, 1.82) is 0 Å². The first-order valence-corrected chi connectivity index (χ1v) is 9.62. The number of phenols is 1. The molecule has 0 aromatic heterocycles. The van der Waals surface area contributed by atoms with Crippen LogP contribution in [-0.4, -0.2) is 40.2 Å². The predicted octanol–water partition coefficient (Wildman–Crippen LogP) is 4.04. The summed E-state index contributed by atoms with van der Waals surface area (Å²) in [6.07, 6.45) is 3.47. The van der Waals surface area contributed by atoms with Crippen molar-refractivity contribution in [2.75, 3.05) is 19.3 Å². The van der Waals surface area contributed by atoms with E-state index in [0.717, 1.165) is 23.3 Å². The standard InChI is InChI=1S/C19H20N2O4S/c1-26-16-6-7-18(21(24)25)17(12-16)19(23)20-10-8-14(9-11-20)13-2-4-15(22)5-3-13/h2-7,12,14,22H,8-11H2,1H3. The first-order chi connectivity index (χ1) is 12.5. The Morgan fingerprint density at radius 3 is 2.42 bits per heavy atom. The smallest absolute Gasteiger partial charge is 0.282 e. The van der Waals surface area contributed by atoms with Crippen molar-refractivity contribution in [1.82, 2.24) is 4.90 Å². The zero-order valence-corrected chi connectivity index (χ0v) is 15.2. The highest BCUT2D eigenvalue weighted by molar-refractivity contribution is 7.98. The second-order valence-corrected chi connectivity index (χ2v) is 7.18. The van der Waals surface area contributed by atoms with Gasteiger partial charge in [0.2, 0.25) is 0 Å². The minimum Gasteiger partial charge on any atom is -0.508 e. The fourth-order valence-electron chi connectivity index (χ4n) is 3.31. The van der Waals surface area contributed by atoms with E-state index in [2.05, 4.69) is 0 Å². The van der Waals surface area contributed by atoms with Crippen LogP contribution in [0.3, 0.4) is 0 Å². The van der Waals surface area contributed by atoms with Gasteiger partial charge in [-0.25, -0.2) is 0 Å². The predicted molar refractivity (Wildman–Crippen MR) is 101 cm³/mol. The van der Waals surface area contributed by atoms with Crippen molar-refractivity contribution in [3.8, 4) is 5.75 Å². The zero-order valence-electron chi connectivity index (χ0n) is 14.4. The lowest BCUT2D eigenvalue weighted by Gasteiger charge is -2.32. The summed E-state index contributed by atoms with van der Waals surface area (Å²) in [5, 5.41) is 20.7. The molecule has 0 unspecified atom stereocenters. The van der Waals surface area contributed by atoms with Crippen molar-refractivity contribution >= 4 is 23.4 Å². The minimum absolute atomic E-state index is 0.145. The van der Waals surface area contributed by atoms with Gasteiger partial charge in [0.05, 0.1) is 4.92 Å². The number of aromatic hydroxyl groups is 1. The number of thioether (sulfide) groups is 1. The monoisotopic (exact) mass is 372 g/mol. The van der Waals surface area contributed by atoms with Crippen LogP contribution in [0, 0.1) is 10.1 Å². The molecule has 2 aromatic rings. The summed E-state index contributed by atoms with van der Waals surface area (Å²) in [4.78, 5) is 26.2. The molecule has 136 valence electrons.